The van der Waals surface area contributed by atoms with Gasteiger partial charge in [-0.25, -0.2) is 4.79 Å². The summed E-state index contributed by atoms with van der Waals surface area (Å²) in [5, 5.41) is 25.7. The largest absolute Gasteiger partial charge is 0.477 e. The highest BCUT2D eigenvalue weighted by Crippen LogP contribution is 2.51. The lowest BCUT2D eigenvalue weighted by Gasteiger charge is -2.46. The SMILES string of the molecule is C[C@@H](O)[C@H]1C(=O)N2C(C(=O)O)=C(S[C@@H]3CN[C@H](NC(=O)CCN)C3)[C@H](C)[C@H]12. The highest BCUT2D eigenvalue weighted by atomic mass is 32.2. The Balaban J connectivity index is 1.70. The van der Waals surface area contributed by atoms with Gasteiger partial charge in [-0.05, 0) is 13.3 Å². The minimum absolute atomic E-state index is 0.0371. The highest BCUT2D eigenvalue weighted by molar-refractivity contribution is 8.03. The first-order chi connectivity index (χ1) is 12.8. The quantitative estimate of drug-likeness (QED) is 0.344. The number of nitrogens with zero attached hydrogens (tertiary/aromatic N) is 1. The van der Waals surface area contributed by atoms with Crippen LogP contribution in [0, 0.1) is 11.8 Å². The summed E-state index contributed by atoms with van der Waals surface area (Å²) in [4.78, 5) is 37.8. The van der Waals surface area contributed by atoms with E-state index >= 15 is 0 Å². The van der Waals surface area contributed by atoms with E-state index in [9.17, 15) is 24.6 Å². The van der Waals surface area contributed by atoms with E-state index in [1.54, 1.807) is 6.92 Å². The minimum atomic E-state index is -1.12. The van der Waals surface area contributed by atoms with Crippen molar-refractivity contribution in [3.63, 3.8) is 0 Å². The fraction of sp³-hybridized carbons (Fsp3) is 0.706. The number of aliphatic carboxylic acids is 1. The number of hydrogen-bond donors (Lipinski definition) is 5. The summed E-state index contributed by atoms with van der Waals surface area (Å²) in [7, 11) is 0. The standard InChI is InChI=1S/C17H26N4O5S/c1-7-13-12(8(2)22)16(24)21(13)14(17(25)26)15(7)27-9-5-10(19-6-9)20-11(23)3-4-18/h7-10,12-13,19,22H,3-6,18H2,1-2H3,(H,20,23)(H,25,26)/t7-,8-,9+,10-,12-,13-/m1/s1. The van der Waals surface area contributed by atoms with Crippen molar-refractivity contribution >= 4 is 29.5 Å². The number of carboxylic acids is 1. The molecule has 2 amide bonds. The molecule has 10 heteroatoms. The lowest BCUT2D eigenvalue weighted by Crippen LogP contribution is -2.63. The smallest absolute Gasteiger partial charge is 0.353 e. The summed E-state index contributed by atoms with van der Waals surface area (Å²) in [5.41, 5.74) is 5.41. The average molecular weight is 398 g/mol. The zero-order valence-electron chi connectivity index (χ0n) is 15.3. The molecule has 3 aliphatic heterocycles. The molecule has 3 heterocycles. The van der Waals surface area contributed by atoms with E-state index in [1.165, 1.54) is 16.7 Å². The van der Waals surface area contributed by atoms with Crippen molar-refractivity contribution in [2.45, 2.75) is 50.3 Å². The summed E-state index contributed by atoms with van der Waals surface area (Å²) in [6, 6.07) is -0.305. The second kappa shape index (κ2) is 7.78. The van der Waals surface area contributed by atoms with Crippen LogP contribution in [0.3, 0.4) is 0 Å². The molecule has 0 aliphatic carbocycles. The molecule has 0 aromatic heterocycles. The first-order valence-electron chi connectivity index (χ1n) is 9.14. The lowest BCUT2D eigenvalue weighted by molar-refractivity contribution is -0.163. The molecule has 6 N–H and O–H groups in total. The molecule has 2 fully saturated rings. The van der Waals surface area contributed by atoms with Crippen LogP contribution in [0.2, 0.25) is 0 Å². The number of nitrogens with two attached hydrogens (primary N) is 1. The van der Waals surface area contributed by atoms with Crippen LogP contribution in [0.25, 0.3) is 0 Å². The molecule has 0 aromatic rings. The topological polar surface area (TPSA) is 145 Å². The van der Waals surface area contributed by atoms with Gasteiger partial charge in [0.2, 0.25) is 11.8 Å². The molecule has 0 unspecified atom stereocenters. The number of carbonyl (C=O) groups is 3. The number of carbonyl (C=O) groups excluding carboxylic acids is 2. The lowest BCUT2D eigenvalue weighted by atomic mass is 9.79. The molecule has 0 bridgehead atoms. The third kappa shape index (κ3) is 3.58. The number of β-lactam (4-membered cyclic amide) rings is 1. The van der Waals surface area contributed by atoms with Gasteiger partial charge < -0.3 is 26.2 Å². The Morgan fingerprint density at radius 1 is 1.48 bits per heavy atom. The molecular formula is C17H26N4O5S. The van der Waals surface area contributed by atoms with Gasteiger partial charge in [0.15, 0.2) is 0 Å². The molecule has 3 aliphatic rings. The minimum Gasteiger partial charge on any atom is -0.477 e. The zero-order chi connectivity index (χ0) is 19.9. The summed E-state index contributed by atoms with van der Waals surface area (Å²) in [6.07, 6.45) is -0.0597. The molecule has 2 saturated heterocycles. The van der Waals surface area contributed by atoms with E-state index in [-0.39, 0.29) is 47.3 Å². The number of rotatable bonds is 7. The van der Waals surface area contributed by atoms with Crippen LogP contribution in [0.1, 0.15) is 26.7 Å². The summed E-state index contributed by atoms with van der Waals surface area (Å²) >= 11 is 1.45. The van der Waals surface area contributed by atoms with E-state index < -0.39 is 18.0 Å². The number of hydrogen-bond acceptors (Lipinski definition) is 7. The average Bonchev–Trinajstić information content (AvgIpc) is 3.10. The van der Waals surface area contributed by atoms with Crippen molar-refractivity contribution in [1.82, 2.24) is 15.5 Å². The van der Waals surface area contributed by atoms with Gasteiger partial charge in [0.1, 0.15) is 5.70 Å². The van der Waals surface area contributed by atoms with Gasteiger partial charge in [-0.1, -0.05) is 6.92 Å². The maximum Gasteiger partial charge on any atom is 0.353 e. The Kier molecular flexibility index (Phi) is 5.80. The Labute approximate surface area is 161 Å². The first kappa shape index (κ1) is 20.1. The van der Waals surface area contributed by atoms with Gasteiger partial charge in [0.25, 0.3) is 0 Å². The summed E-state index contributed by atoms with van der Waals surface area (Å²) in [5.74, 6) is -2.27. The number of carboxylic acid groups (broad SMARTS) is 1. The number of amides is 2. The number of nitrogens with one attached hydrogen (secondary N) is 2. The van der Waals surface area contributed by atoms with Crippen LogP contribution < -0.4 is 16.4 Å². The number of aliphatic hydroxyl groups excluding tert-OH is 1. The Bertz CT molecular complexity index is 682. The van der Waals surface area contributed by atoms with Gasteiger partial charge in [-0.15, -0.1) is 11.8 Å². The number of fused-ring (bicyclic) bond motifs is 1. The van der Waals surface area contributed by atoms with Gasteiger partial charge in [-0.2, -0.15) is 0 Å². The summed E-state index contributed by atoms with van der Waals surface area (Å²) in [6.45, 7) is 4.38. The second-order valence-corrected chi connectivity index (χ2v) is 8.66. The van der Waals surface area contributed by atoms with Crippen molar-refractivity contribution in [3.8, 4) is 0 Å². The first-order valence-corrected chi connectivity index (χ1v) is 10.0. The zero-order valence-corrected chi connectivity index (χ0v) is 16.2. The Hall–Kier alpha value is -1.62. The van der Waals surface area contributed by atoms with Crippen LogP contribution in [-0.4, -0.2) is 69.5 Å². The predicted molar refractivity (Wildman–Crippen MR) is 99.2 cm³/mol. The fourth-order valence-corrected chi connectivity index (χ4v) is 5.64. The van der Waals surface area contributed by atoms with Gasteiger partial charge >= 0.3 is 5.97 Å². The van der Waals surface area contributed by atoms with Crippen molar-refractivity contribution in [1.29, 1.82) is 0 Å². The monoisotopic (exact) mass is 398 g/mol. The third-order valence-electron chi connectivity index (χ3n) is 5.40. The normalized spacial score (nSPS) is 33.7. The predicted octanol–water partition coefficient (Wildman–Crippen LogP) is -0.974. The van der Waals surface area contributed by atoms with Crippen LogP contribution in [-0.2, 0) is 14.4 Å². The highest BCUT2D eigenvalue weighted by Gasteiger charge is 2.60. The number of thioether (sulfide) groups is 1. The summed E-state index contributed by atoms with van der Waals surface area (Å²) < 4.78 is 0. The molecule has 27 heavy (non-hydrogen) atoms. The second-order valence-electron chi connectivity index (χ2n) is 7.31. The fourth-order valence-electron chi connectivity index (χ4n) is 4.16. The molecule has 9 nitrogen and oxygen atoms in total. The van der Waals surface area contributed by atoms with Crippen molar-refractivity contribution < 1.29 is 24.6 Å². The van der Waals surface area contributed by atoms with E-state index in [4.69, 9.17) is 5.73 Å². The third-order valence-corrected chi connectivity index (χ3v) is 6.91. The van der Waals surface area contributed by atoms with E-state index in [0.717, 1.165) is 0 Å². The maximum atomic E-state index is 12.4. The molecule has 3 rings (SSSR count). The van der Waals surface area contributed by atoms with Crippen LogP contribution in [0.5, 0.6) is 0 Å². The van der Waals surface area contributed by atoms with Crippen molar-refractivity contribution in [3.05, 3.63) is 10.6 Å². The molecular weight excluding hydrogens is 372 g/mol. The molecule has 0 aromatic carbocycles. The molecule has 6 atom stereocenters. The van der Waals surface area contributed by atoms with Gasteiger partial charge in [-0.3, -0.25) is 14.9 Å². The Morgan fingerprint density at radius 2 is 2.19 bits per heavy atom. The molecule has 150 valence electrons. The van der Waals surface area contributed by atoms with Crippen LogP contribution in [0.4, 0.5) is 0 Å². The van der Waals surface area contributed by atoms with E-state index in [0.29, 0.717) is 24.4 Å². The molecule has 0 saturated carbocycles. The van der Waals surface area contributed by atoms with Crippen LogP contribution >= 0.6 is 11.8 Å². The van der Waals surface area contributed by atoms with E-state index in [2.05, 4.69) is 10.6 Å². The van der Waals surface area contributed by atoms with E-state index in [1.807, 2.05) is 6.92 Å². The molecule has 0 spiro atoms. The van der Waals surface area contributed by atoms with Crippen LogP contribution in [0.15, 0.2) is 10.6 Å². The van der Waals surface area contributed by atoms with Gasteiger partial charge in [0, 0.05) is 35.6 Å². The molecule has 0 radical (unpaired) electrons. The number of aliphatic hydroxyl groups is 1. The Morgan fingerprint density at radius 3 is 2.78 bits per heavy atom. The van der Waals surface area contributed by atoms with Crippen molar-refractivity contribution in [2.75, 3.05) is 13.1 Å². The maximum absolute atomic E-state index is 12.4. The van der Waals surface area contributed by atoms with Crippen molar-refractivity contribution in [2.24, 2.45) is 17.6 Å². The van der Waals surface area contributed by atoms with Gasteiger partial charge in [0.05, 0.1) is 24.2 Å².